The van der Waals surface area contributed by atoms with E-state index >= 15 is 0 Å². The van der Waals surface area contributed by atoms with Gasteiger partial charge in [-0.05, 0) is 18.2 Å². The topological polar surface area (TPSA) is 87.2 Å². The van der Waals surface area contributed by atoms with Gasteiger partial charge >= 0.3 is 0 Å². The molecule has 2 aliphatic heterocycles. The molecule has 2 heterocycles. The summed E-state index contributed by atoms with van der Waals surface area (Å²) in [6.07, 6.45) is 0.727. The van der Waals surface area contributed by atoms with Gasteiger partial charge in [-0.2, -0.15) is 4.31 Å². The van der Waals surface area contributed by atoms with Crippen LogP contribution in [0, 0.1) is 0 Å². The number of benzene rings is 1. The van der Waals surface area contributed by atoms with Crippen LogP contribution in [0.3, 0.4) is 0 Å². The lowest BCUT2D eigenvalue weighted by atomic mass is 10.2. The minimum Gasteiger partial charge on any atom is -0.490 e. The molecule has 1 aromatic carbocycles. The number of nitrogens with zero attached hydrogens (tertiary/aromatic N) is 3. The zero-order valence-corrected chi connectivity index (χ0v) is 14.2. The second-order valence-electron chi connectivity index (χ2n) is 5.69. The Kier molecular flexibility index (Phi) is 4.46. The minimum atomic E-state index is -3.68. The van der Waals surface area contributed by atoms with Crippen molar-refractivity contribution < 1.29 is 22.7 Å². The molecule has 2 amide bonds. The Morgan fingerprint density at radius 3 is 2.50 bits per heavy atom. The third-order valence-electron chi connectivity index (χ3n) is 4.23. The van der Waals surface area contributed by atoms with E-state index in [4.69, 9.17) is 4.74 Å². The van der Waals surface area contributed by atoms with Gasteiger partial charge in [-0.1, -0.05) is 0 Å². The zero-order valence-electron chi connectivity index (χ0n) is 13.3. The molecule has 0 atom stereocenters. The van der Waals surface area contributed by atoms with E-state index in [0.29, 0.717) is 37.7 Å². The van der Waals surface area contributed by atoms with Crippen LogP contribution in [0.4, 0.5) is 5.69 Å². The average Bonchev–Trinajstić information content (AvgIpc) is 2.60. The summed E-state index contributed by atoms with van der Waals surface area (Å²) in [7, 11) is -3.68. The summed E-state index contributed by atoms with van der Waals surface area (Å²) in [5, 5.41) is 0. The lowest BCUT2D eigenvalue weighted by Gasteiger charge is -2.32. The SMILES string of the molecule is CC(=O)N1CCOc2ccc(S(=O)(=O)N3CCN(C=O)CC3)cc21. The van der Waals surface area contributed by atoms with Crippen LogP contribution in [0.25, 0.3) is 0 Å². The van der Waals surface area contributed by atoms with Gasteiger partial charge in [0.25, 0.3) is 0 Å². The van der Waals surface area contributed by atoms with Gasteiger partial charge in [-0.3, -0.25) is 9.59 Å². The van der Waals surface area contributed by atoms with Gasteiger partial charge in [-0.15, -0.1) is 0 Å². The summed E-state index contributed by atoms with van der Waals surface area (Å²) in [5.74, 6) is 0.342. The third kappa shape index (κ3) is 2.96. The summed E-state index contributed by atoms with van der Waals surface area (Å²) in [6, 6.07) is 4.56. The molecule has 1 aromatic rings. The van der Waals surface area contributed by atoms with E-state index in [9.17, 15) is 18.0 Å². The molecule has 0 aromatic heterocycles. The molecular formula is C15H19N3O5S. The molecule has 1 fully saturated rings. The Morgan fingerprint density at radius 2 is 1.88 bits per heavy atom. The molecule has 0 radical (unpaired) electrons. The maximum atomic E-state index is 12.8. The maximum Gasteiger partial charge on any atom is 0.243 e. The molecular weight excluding hydrogens is 334 g/mol. The molecule has 8 nitrogen and oxygen atoms in total. The fourth-order valence-electron chi connectivity index (χ4n) is 2.88. The van der Waals surface area contributed by atoms with Gasteiger partial charge < -0.3 is 14.5 Å². The van der Waals surface area contributed by atoms with Gasteiger partial charge in [0.15, 0.2) is 0 Å². The molecule has 130 valence electrons. The Morgan fingerprint density at radius 1 is 1.17 bits per heavy atom. The molecule has 0 spiro atoms. The third-order valence-corrected chi connectivity index (χ3v) is 6.13. The van der Waals surface area contributed by atoms with Crippen molar-refractivity contribution in [3.05, 3.63) is 18.2 Å². The maximum absolute atomic E-state index is 12.8. The van der Waals surface area contributed by atoms with Crippen molar-refractivity contribution in [1.82, 2.24) is 9.21 Å². The number of ether oxygens (including phenoxy) is 1. The highest BCUT2D eigenvalue weighted by atomic mass is 32.2. The van der Waals surface area contributed by atoms with Crippen LogP contribution < -0.4 is 9.64 Å². The predicted octanol–water partition coefficient (Wildman–Crippen LogP) is -0.105. The fraction of sp³-hybridized carbons (Fsp3) is 0.467. The number of amides is 2. The number of fused-ring (bicyclic) bond motifs is 1. The Balaban J connectivity index is 1.90. The quantitative estimate of drug-likeness (QED) is 0.708. The summed E-state index contributed by atoms with van der Waals surface area (Å²) >= 11 is 0. The average molecular weight is 353 g/mol. The predicted molar refractivity (Wildman–Crippen MR) is 86.4 cm³/mol. The van der Waals surface area contributed by atoms with Crippen LogP contribution in [0.5, 0.6) is 5.75 Å². The summed E-state index contributed by atoms with van der Waals surface area (Å²) < 4.78 is 32.5. The normalized spacial score (nSPS) is 18.7. The van der Waals surface area contributed by atoms with E-state index in [-0.39, 0.29) is 23.9 Å². The fourth-order valence-corrected chi connectivity index (χ4v) is 4.33. The first-order valence-corrected chi connectivity index (χ1v) is 9.12. The number of sulfonamides is 1. The monoisotopic (exact) mass is 353 g/mol. The molecule has 0 aliphatic carbocycles. The second-order valence-corrected chi connectivity index (χ2v) is 7.63. The molecule has 0 N–H and O–H groups in total. The number of carbonyl (C=O) groups excluding carboxylic acids is 2. The van der Waals surface area contributed by atoms with Crippen LogP contribution in [-0.2, 0) is 19.6 Å². The number of anilines is 1. The van der Waals surface area contributed by atoms with Crippen molar-refractivity contribution in [1.29, 1.82) is 0 Å². The highest BCUT2D eigenvalue weighted by Gasteiger charge is 2.30. The van der Waals surface area contributed by atoms with Gasteiger partial charge in [0, 0.05) is 33.1 Å². The minimum absolute atomic E-state index is 0.123. The highest BCUT2D eigenvalue weighted by molar-refractivity contribution is 7.89. The lowest BCUT2D eigenvalue weighted by Crippen LogP contribution is -2.48. The number of hydrogen-bond donors (Lipinski definition) is 0. The molecule has 2 aliphatic rings. The molecule has 3 rings (SSSR count). The smallest absolute Gasteiger partial charge is 0.243 e. The van der Waals surface area contributed by atoms with Crippen LogP contribution in [0.2, 0.25) is 0 Å². The van der Waals surface area contributed by atoms with Crippen molar-refractivity contribution >= 4 is 28.0 Å². The molecule has 9 heteroatoms. The van der Waals surface area contributed by atoms with Gasteiger partial charge in [-0.25, -0.2) is 8.42 Å². The first-order valence-electron chi connectivity index (χ1n) is 7.68. The number of carbonyl (C=O) groups is 2. The Hall–Kier alpha value is -2.13. The van der Waals surface area contributed by atoms with E-state index < -0.39 is 10.0 Å². The van der Waals surface area contributed by atoms with Crippen molar-refractivity contribution in [3.8, 4) is 5.75 Å². The van der Waals surface area contributed by atoms with Crippen molar-refractivity contribution in [2.24, 2.45) is 0 Å². The van der Waals surface area contributed by atoms with E-state index in [1.807, 2.05) is 0 Å². The second kappa shape index (κ2) is 6.40. The van der Waals surface area contributed by atoms with E-state index in [2.05, 4.69) is 0 Å². The van der Waals surface area contributed by atoms with Crippen molar-refractivity contribution in [2.75, 3.05) is 44.2 Å². The Labute approximate surface area is 140 Å². The van der Waals surface area contributed by atoms with E-state index in [1.54, 1.807) is 11.0 Å². The largest absolute Gasteiger partial charge is 0.490 e. The highest BCUT2D eigenvalue weighted by Crippen LogP contribution is 2.34. The summed E-state index contributed by atoms with van der Waals surface area (Å²) in [6.45, 7) is 3.47. The first kappa shape index (κ1) is 16.7. The first-order chi connectivity index (χ1) is 11.4. The number of rotatable bonds is 3. The van der Waals surface area contributed by atoms with E-state index in [0.717, 1.165) is 6.41 Å². The summed E-state index contributed by atoms with van der Waals surface area (Å²) in [5.41, 5.74) is 0.473. The number of hydrogen-bond acceptors (Lipinski definition) is 5. The molecule has 0 bridgehead atoms. The van der Waals surface area contributed by atoms with Crippen LogP contribution in [-0.4, -0.2) is 69.3 Å². The molecule has 24 heavy (non-hydrogen) atoms. The van der Waals surface area contributed by atoms with Crippen LogP contribution in [0.15, 0.2) is 23.1 Å². The van der Waals surface area contributed by atoms with E-state index in [1.165, 1.54) is 28.3 Å². The van der Waals surface area contributed by atoms with Gasteiger partial charge in [0.2, 0.25) is 22.3 Å². The summed E-state index contributed by atoms with van der Waals surface area (Å²) in [4.78, 5) is 25.7. The Bertz CT molecular complexity index is 756. The lowest BCUT2D eigenvalue weighted by molar-refractivity contribution is -0.119. The van der Waals surface area contributed by atoms with Crippen molar-refractivity contribution in [3.63, 3.8) is 0 Å². The standard InChI is InChI=1S/C15H19N3O5S/c1-12(20)18-8-9-23-15-3-2-13(10-14(15)18)24(21,22)17-6-4-16(11-19)5-7-17/h2-3,10-11H,4-9H2,1H3. The zero-order chi connectivity index (χ0) is 17.3. The van der Waals surface area contributed by atoms with Crippen LogP contribution in [0.1, 0.15) is 6.92 Å². The number of piperazine rings is 1. The van der Waals surface area contributed by atoms with Crippen molar-refractivity contribution in [2.45, 2.75) is 11.8 Å². The molecule has 0 saturated carbocycles. The van der Waals surface area contributed by atoms with Gasteiger partial charge in [0.1, 0.15) is 12.4 Å². The van der Waals surface area contributed by atoms with Gasteiger partial charge in [0.05, 0.1) is 17.1 Å². The molecule has 1 saturated heterocycles. The molecule has 0 unspecified atom stereocenters. The van der Waals surface area contributed by atoms with Crippen LogP contribution >= 0.6 is 0 Å².